The molecule has 0 saturated heterocycles. The van der Waals surface area contributed by atoms with Crippen LogP contribution in [0.2, 0.25) is 0 Å². The zero-order chi connectivity index (χ0) is 13.8. The first-order chi connectivity index (χ1) is 9.08. The topological polar surface area (TPSA) is 29.1 Å². The van der Waals surface area contributed by atoms with Crippen LogP contribution >= 0.6 is 15.9 Å². The van der Waals surface area contributed by atoms with E-state index in [-0.39, 0.29) is 11.0 Å². The van der Waals surface area contributed by atoms with E-state index >= 15 is 0 Å². The van der Waals surface area contributed by atoms with E-state index in [1.54, 1.807) is 0 Å². The van der Waals surface area contributed by atoms with Crippen LogP contribution in [0.4, 0.5) is 8.78 Å². The van der Waals surface area contributed by atoms with Crippen molar-refractivity contribution >= 4 is 21.8 Å². The van der Waals surface area contributed by atoms with Crippen molar-refractivity contribution in [2.75, 3.05) is 0 Å². The molecule has 1 N–H and O–H groups in total. The fraction of sp³-hybridized carbons (Fsp3) is 0.0714. The Morgan fingerprint density at radius 1 is 1.11 bits per heavy atom. The van der Waals surface area contributed by atoms with Gasteiger partial charge in [-0.3, -0.25) is 4.79 Å². The summed E-state index contributed by atoms with van der Waals surface area (Å²) in [6.07, 6.45) is 0. The maximum Gasteiger partial charge on any atom is 0.257 e. The molecule has 2 rings (SSSR count). The number of amides is 1. The van der Waals surface area contributed by atoms with Crippen LogP contribution < -0.4 is 5.32 Å². The number of nitrogens with one attached hydrogen (secondary N) is 1. The summed E-state index contributed by atoms with van der Waals surface area (Å²) in [6.45, 7) is 0.217. The Labute approximate surface area is 117 Å². The van der Waals surface area contributed by atoms with E-state index in [0.717, 1.165) is 17.7 Å². The van der Waals surface area contributed by atoms with Crippen molar-refractivity contribution in [2.24, 2.45) is 0 Å². The van der Waals surface area contributed by atoms with Gasteiger partial charge in [-0.2, -0.15) is 0 Å². The smallest absolute Gasteiger partial charge is 0.257 e. The van der Waals surface area contributed by atoms with Gasteiger partial charge in [-0.05, 0) is 17.7 Å². The molecule has 0 heterocycles. The van der Waals surface area contributed by atoms with Crippen LogP contribution in [0.3, 0.4) is 0 Å². The molecule has 0 fully saturated rings. The minimum atomic E-state index is -0.891. The van der Waals surface area contributed by atoms with Crippen molar-refractivity contribution in [3.05, 3.63) is 69.7 Å². The van der Waals surface area contributed by atoms with Crippen LogP contribution in [0.25, 0.3) is 0 Å². The zero-order valence-corrected chi connectivity index (χ0v) is 11.4. The molecule has 2 nitrogen and oxygen atoms in total. The summed E-state index contributed by atoms with van der Waals surface area (Å²) in [6, 6.07) is 11.2. The first kappa shape index (κ1) is 13.7. The summed E-state index contributed by atoms with van der Waals surface area (Å²) in [5.41, 5.74) is 0.285. The molecule has 0 saturated carbocycles. The predicted octanol–water partition coefficient (Wildman–Crippen LogP) is 3.66. The van der Waals surface area contributed by atoms with E-state index < -0.39 is 23.1 Å². The average molecular weight is 326 g/mol. The Bertz CT molecular complexity index is 579. The van der Waals surface area contributed by atoms with Crippen LogP contribution in [0.1, 0.15) is 15.9 Å². The number of carbonyl (C=O) groups excluding carboxylic acids is 1. The highest BCUT2D eigenvalue weighted by atomic mass is 79.9. The van der Waals surface area contributed by atoms with E-state index in [0.29, 0.717) is 0 Å². The molecule has 0 aliphatic carbocycles. The molecular formula is C14H10BrF2NO. The summed E-state index contributed by atoms with van der Waals surface area (Å²) in [7, 11) is 0. The van der Waals surface area contributed by atoms with Gasteiger partial charge < -0.3 is 5.32 Å². The summed E-state index contributed by atoms with van der Waals surface area (Å²) in [4.78, 5) is 11.8. The summed E-state index contributed by atoms with van der Waals surface area (Å²) in [5, 5.41) is 2.48. The molecule has 0 radical (unpaired) electrons. The molecule has 5 heteroatoms. The fourth-order valence-corrected chi connectivity index (χ4v) is 2.03. The standard InChI is InChI=1S/C14H10BrF2NO/c15-10-6-11(16)13(12(17)7-10)14(19)18-8-9-4-2-1-3-5-9/h1-7H,8H2,(H,18,19). The monoisotopic (exact) mass is 325 g/mol. The number of halogens is 3. The van der Waals surface area contributed by atoms with Crippen molar-refractivity contribution in [2.45, 2.75) is 6.54 Å². The van der Waals surface area contributed by atoms with Crippen molar-refractivity contribution < 1.29 is 13.6 Å². The Kier molecular flexibility index (Phi) is 4.27. The average Bonchev–Trinajstić information content (AvgIpc) is 2.36. The van der Waals surface area contributed by atoms with Crippen LogP contribution in [0.5, 0.6) is 0 Å². The lowest BCUT2D eigenvalue weighted by Crippen LogP contribution is -2.25. The second-order valence-corrected chi connectivity index (χ2v) is 4.83. The molecular weight excluding hydrogens is 316 g/mol. The zero-order valence-electron chi connectivity index (χ0n) is 9.79. The number of hydrogen-bond acceptors (Lipinski definition) is 1. The van der Waals surface area contributed by atoms with Gasteiger partial charge in [0.25, 0.3) is 5.91 Å². The maximum absolute atomic E-state index is 13.6. The van der Waals surface area contributed by atoms with Crippen LogP contribution in [-0.4, -0.2) is 5.91 Å². The van der Waals surface area contributed by atoms with Gasteiger partial charge in [0.2, 0.25) is 0 Å². The minimum absolute atomic E-state index is 0.217. The van der Waals surface area contributed by atoms with Gasteiger partial charge in [0.15, 0.2) is 0 Å². The molecule has 0 aliphatic heterocycles. The highest BCUT2D eigenvalue weighted by Gasteiger charge is 2.17. The van der Waals surface area contributed by atoms with E-state index in [4.69, 9.17) is 0 Å². The minimum Gasteiger partial charge on any atom is -0.348 e. The van der Waals surface area contributed by atoms with Gasteiger partial charge in [0, 0.05) is 11.0 Å². The lowest BCUT2D eigenvalue weighted by Gasteiger charge is -2.07. The number of benzene rings is 2. The van der Waals surface area contributed by atoms with E-state index in [2.05, 4.69) is 21.2 Å². The summed E-state index contributed by atoms with van der Waals surface area (Å²) < 4.78 is 27.4. The van der Waals surface area contributed by atoms with Crippen molar-refractivity contribution in [3.63, 3.8) is 0 Å². The van der Waals surface area contributed by atoms with E-state index in [9.17, 15) is 13.6 Å². The molecule has 2 aromatic carbocycles. The van der Waals surface area contributed by atoms with Crippen LogP contribution in [0, 0.1) is 11.6 Å². The Morgan fingerprint density at radius 2 is 1.68 bits per heavy atom. The number of hydrogen-bond donors (Lipinski definition) is 1. The summed E-state index contributed by atoms with van der Waals surface area (Å²) in [5.74, 6) is -2.55. The quantitative estimate of drug-likeness (QED) is 0.916. The molecule has 0 spiro atoms. The molecule has 1 amide bonds. The molecule has 0 unspecified atom stereocenters. The number of rotatable bonds is 3. The highest BCUT2D eigenvalue weighted by molar-refractivity contribution is 9.10. The van der Waals surface area contributed by atoms with E-state index in [1.807, 2.05) is 30.3 Å². The van der Waals surface area contributed by atoms with Crippen molar-refractivity contribution in [1.82, 2.24) is 5.32 Å². The van der Waals surface area contributed by atoms with E-state index in [1.165, 1.54) is 0 Å². The van der Waals surface area contributed by atoms with Gasteiger partial charge in [-0.1, -0.05) is 46.3 Å². The Balaban J connectivity index is 2.13. The third kappa shape index (κ3) is 3.38. The third-order valence-electron chi connectivity index (χ3n) is 2.53. The molecule has 0 aliphatic rings. The first-order valence-electron chi connectivity index (χ1n) is 5.54. The predicted molar refractivity (Wildman–Crippen MR) is 71.7 cm³/mol. The molecule has 0 atom stereocenters. The molecule has 0 aromatic heterocycles. The second-order valence-electron chi connectivity index (χ2n) is 3.91. The van der Waals surface area contributed by atoms with Crippen molar-refractivity contribution in [1.29, 1.82) is 0 Å². The molecule has 0 bridgehead atoms. The van der Waals surface area contributed by atoms with Gasteiger partial charge in [-0.15, -0.1) is 0 Å². The second kappa shape index (κ2) is 5.93. The van der Waals surface area contributed by atoms with Gasteiger partial charge in [-0.25, -0.2) is 8.78 Å². The molecule has 2 aromatic rings. The SMILES string of the molecule is O=C(NCc1ccccc1)c1c(F)cc(Br)cc1F. The fourth-order valence-electron chi connectivity index (χ4n) is 1.63. The van der Waals surface area contributed by atoms with Gasteiger partial charge in [0.05, 0.1) is 0 Å². The number of carbonyl (C=O) groups is 1. The van der Waals surface area contributed by atoms with Crippen LogP contribution in [0.15, 0.2) is 46.9 Å². The normalized spacial score (nSPS) is 10.3. The summed E-state index contributed by atoms with van der Waals surface area (Å²) >= 11 is 2.96. The van der Waals surface area contributed by atoms with Gasteiger partial charge in [0.1, 0.15) is 17.2 Å². The third-order valence-corrected chi connectivity index (χ3v) is 2.99. The van der Waals surface area contributed by atoms with Gasteiger partial charge >= 0.3 is 0 Å². The van der Waals surface area contributed by atoms with Crippen LogP contribution in [-0.2, 0) is 6.54 Å². The molecule has 98 valence electrons. The first-order valence-corrected chi connectivity index (χ1v) is 6.34. The highest BCUT2D eigenvalue weighted by Crippen LogP contribution is 2.19. The lowest BCUT2D eigenvalue weighted by atomic mass is 10.1. The maximum atomic E-state index is 13.6. The molecule has 19 heavy (non-hydrogen) atoms. The Hall–Kier alpha value is -1.75. The Morgan fingerprint density at radius 3 is 2.26 bits per heavy atom. The largest absolute Gasteiger partial charge is 0.348 e. The van der Waals surface area contributed by atoms with Crippen molar-refractivity contribution in [3.8, 4) is 0 Å². The lowest BCUT2D eigenvalue weighted by molar-refractivity contribution is 0.0942.